The lowest BCUT2D eigenvalue weighted by Gasteiger charge is -2.03. The van der Waals surface area contributed by atoms with Crippen LogP contribution in [0.3, 0.4) is 0 Å². The van der Waals surface area contributed by atoms with Gasteiger partial charge in [-0.05, 0) is 48.0 Å². The van der Waals surface area contributed by atoms with Gasteiger partial charge in [0.25, 0.3) is 5.91 Å². The number of ether oxygens (including phenoxy) is 1. The molecule has 0 atom stereocenters. The first-order valence-electron chi connectivity index (χ1n) is 6.02. The van der Waals surface area contributed by atoms with Crippen LogP contribution in [0.25, 0.3) is 0 Å². The molecule has 0 aliphatic heterocycles. The minimum atomic E-state index is -0.317. The van der Waals surface area contributed by atoms with Crippen molar-refractivity contribution < 1.29 is 9.53 Å². The van der Waals surface area contributed by atoms with Gasteiger partial charge in [-0.1, -0.05) is 23.2 Å². The Hall–Kier alpha value is -2.04. The largest absolute Gasteiger partial charge is 0.495 e. The molecular formula is C15H12Cl2N2O2. The summed E-state index contributed by atoms with van der Waals surface area (Å²) in [6.45, 7) is 0. The molecule has 0 unspecified atom stereocenters. The van der Waals surface area contributed by atoms with Gasteiger partial charge in [0.1, 0.15) is 5.75 Å². The third-order valence-corrected chi connectivity index (χ3v) is 3.21. The number of hydrazone groups is 1. The topological polar surface area (TPSA) is 50.7 Å². The number of halogens is 2. The third-order valence-electron chi connectivity index (χ3n) is 2.66. The second kappa shape index (κ2) is 7.11. The summed E-state index contributed by atoms with van der Waals surface area (Å²) >= 11 is 11.8. The first kappa shape index (κ1) is 15.4. The molecule has 2 aromatic rings. The average molecular weight is 323 g/mol. The standard InChI is InChI=1S/C15H12Cl2N2O2/c1-21-14-7-2-10(8-13(14)17)9-18-19-15(20)11-3-5-12(16)6-4-11/h2-9H,1H3,(H,19,20). The molecular weight excluding hydrogens is 311 g/mol. The number of nitrogens with zero attached hydrogens (tertiary/aromatic N) is 1. The zero-order valence-corrected chi connectivity index (χ0v) is 12.7. The van der Waals surface area contributed by atoms with Crippen molar-refractivity contribution in [3.63, 3.8) is 0 Å². The maximum atomic E-state index is 11.8. The third kappa shape index (κ3) is 4.21. The van der Waals surface area contributed by atoms with Crippen LogP contribution in [0.5, 0.6) is 5.75 Å². The number of rotatable bonds is 4. The van der Waals surface area contributed by atoms with Crippen molar-refractivity contribution in [2.24, 2.45) is 5.10 Å². The van der Waals surface area contributed by atoms with E-state index in [0.717, 1.165) is 5.56 Å². The van der Waals surface area contributed by atoms with Crippen molar-refractivity contribution in [2.45, 2.75) is 0 Å². The second-order valence-electron chi connectivity index (χ2n) is 4.10. The SMILES string of the molecule is COc1ccc(C=NNC(=O)c2ccc(Cl)cc2)cc1Cl. The molecule has 0 heterocycles. The fourth-order valence-electron chi connectivity index (χ4n) is 1.59. The molecule has 0 fully saturated rings. The second-order valence-corrected chi connectivity index (χ2v) is 4.94. The predicted octanol–water partition coefficient (Wildman–Crippen LogP) is 3.77. The van der Waals surface area contributed by atoms with Gasteiger partial charge in [0.05, 0.1) is 18.3 Å². The molecule has 108 valence electrons. The van der Waals surface area contributed by atoms with Crippen molar-refractivity contribution >= 4 is 35.3 Å². The summed E-state index contributed by atoms with van der Waals surface area (Å²) in [6.07, 6.45) is 1.50. The zero-order chi connectivity index (χ0) is 15.2. The molecule has 0 saturated carbocycles. The van der Waals surface area contributed by atoms with Gasteiger partial charge in [0.15, 0.2) is 0 Å². The zero-order valence-electron chi connectivity index (χ0n) is 11.1. The normalized spacial score (nSPS) is 10.6. The van der Waals surface area contributed by atoms with E-state index >= 15 is 0 Å². The van der Waals surface area contributed by atoms with Crippen molar-refractivity contribution in [2.75, 3.05) is 7.11 Å². The summed E-state index contributed by atoms with van der Waals surface area (Å²) in [5, 5.41) is 4.93. The molecule has 0 radical (unpaired) electrons. The van der Waals surface area contributed by atoms with Gasteiger partial charge in [-0.2, -0.15) is 5.10 Å². The van der Waals surface area contributed by atoms with Gasteiger partial charge in [-0.3, -0.25) is 4.79 Å². The molecule has 2 rings (SSSR count). The number of methoxy groups -OCH3 is 1. The van der Waals surface area contributed by atoms with E-state index in [-0.39, 0.29) is 5.91 Å². The molecule has 0 aliphatic carbocycles. The Morgan fingerprint density at radius 2 is 1.90 bits per heavy atom. The van der Waals surface area contributed by atoms with Gasteiger partial charge in [0, 0.05) is 10.6 Å². The quantitative estimate of drug-likeness (QED) is 0.688. The van der Waals surface area contributed by atoms with E-state index in [2.05, 4.69) is 10.5 Å². The summed E-state index contributed by atoms with van der Waals surface area (Å²) in [4.78, 5) is 11.8. The molecule has 2 aromatic carbocycles. The van der Waals surface area contributed by atoms with Crippen LogP contribution in [0, 0.1) is 0 Å². The van der Waals surface area contributed by atoms with Crippen LogP contribution in [0.15, 0.2) is 47.6 Å². The lowest BCUT2D eigenvalue weighted by molar-refractivity contribution is 0.0955. The highest BCUT2D eigenvalue weighted by atomic mass is 35.5. The summed E-state index contributed by atoms with van der Waals surface area (Å²) in [5.41, 5.74) is 3.65. The highest BCUT2D eigenvalue weighted by Crippen LogP contribution is 2.24. The Bertz CT molecular complexity index is 670. The monoisotopic (exact) mass is 322 g/mol. The lowest BCUT2D eigenvalue weighted by atomic mass is 10.2. The first-order chi connectivity index (χ1) is 10.1. The van der Waals surface area contributed by atoms with Crippen LogP contribution in [0.2, 0.25) is 10.0 Å². The van der Waals surface area contributed by atoms with Crippen LogP contribution < -0.4 is 10.2 Å². The smallest absolute Gasteiger partial charge is 0.271 e. The first-order valence-corrected chi connectivity index (χ1v) is 6.78. The number of hydrogen-bond acceptors (Lipinski definition) is 3. The summed E-state index contributed by atoms with van der Waals surface area (Å²) in [5.74, 6) is 0.265. The van der Waals surface area contributed by atoms with Gasteiger partial charge in [-0.25, -0.2) is 5.43 Å². The number of benzene rings is 2. The van der Waals surface area contributed by atoms with Gasteiger partial charge >= 0.3 is 0 Å². The molecule has 1 amide bonds. The summed E-state index contributed by atoms with van der Waals surface area (Å²) in [7, 11) is 1.54. The van der Waals surface area contributed by atoms with E-state index < -0.39 is 0 Å². The Labute approximate surface area is 132 Å². The van der Waals surface area contributed by atoms with Crippen LogP contribution >= 0.6 is 23.2 Å². The molecule has 1 N–H and O–H groups in total. The van der Waals surface area contributed by atoms with E-state index in [1.165, 1.54) is 6.21 Å². The minimum Gasteiger partial charge on any atom is -0.495 e. The Morgan fingerprint density at radius 3 is 2.52 bits per heavy atom. The highest BCUT2D eigenvalue weighted by molar-refractivity contribution is 6.32. The molecule has 0 spiro atoms. The van der Waals surface area contributed by atoms with Crippen molar-refractivity contribution in [1.29, 1.82) is 0 Å². The fraction of sp³-hybridized carbons (Fsp3) is 0.0667. The van der Waals surface area contributed by atoms with E-state index in [4.69, 9.17) is 27.9 Å². The van der Waals surface area contributed by atoms with Crippen molar-refractivity contribution in [1.82, 2.24) is 5.43 Å². The summed E-state index contributed by atoms with van der Waals surface area (Å²) < 4.78 is 5.05. The number of amides is 1. The lowest BCUT2D eigenvalue weighted by Crippen LogP contribution is -2.17. The van der Waals surface area contributed by atoms with E-state index in [1.807, 2.05) is 0 Å². The van der Waals surface area contributed by atoms with Crippen LogP contribution in [0.4, 0.5) is 0 Å². The predicted molar refractivity (Wildman–Crippen MR) is 84.5 cm³/mol. The maximum absolute atomic E-state index is 11.8. The number of carbonyl (C=O) groups is 1. The molecule has 6 heteroatoms. The van der Waals surface area contributed by atoms with Crippen LogP contribution in [0.1, 0.15) is 15.9 Å². The van der Waals surface area contributed by atoms with Crippen molar-refractivity contribution in [3.05, 3.63) is 63.6 Å². The molecule has 0 aromatic heterocycles. The molecule has 0 aliphatic rings. The van der Waals surface area contributed by atoms with Crippen LogP contribution in [-0.2, 0) is 0 Å². The van der Waals surface area contributed by atoms with E-state index in [9.17, 15) is 4.79 Å². The molecule has 0 saturated heterocycles. The van der Waals surface area contributed by atoms with Gasteiger partial charge in [-0.15, -0.1) is 0 Å². The summed E-state index contributed by atoms with van der Waals surface area (Å²) in [6, 6.07) is 11.7. The highest BCUT2D eigenvalue weighted by Gasteiger charge is 2.03. The van der Waals surface area contributed by atoms with E-state index in [0.29, 0.717) is 21.4 Å². The van der Waals surface area contributed by atoms with Gasteiger partial charge in [0.2, 0.25) is 0 Å². The number of carbonyl (C=O) groups excluding carboxylic acids is 1. The van der Waals surface area contributed by atoms with E-state index in [1.54, 1.807) is 49.6 Å². The van der Waals surface area contributed by atoms with Crippen molar-refractivity contribution in [3.8, 4) is 5.75 Å². The molecule has 0 bridgehead atoms. The number of nitrogens with one attached hydrogen (secondary N) is 1. The fourth-order valence-corrected chi connectivity index (χ4v) is 1.99. The molecule has 21 heavy (non-hydrogen) atoms. The number of hydrogen-bond donors (Lipinski definition) is 1. The van der Waals surface area contributed by atoms with Gasteiger partial charge < -0.3 is 4.74 Å². The Kier molecular flexibility index (Phi) is 5.20. The minimum absolute atomic E-state index is 0.317. The maximum Gasteiger partial charge on any atom is 0.271 e. The average Bonchev–Trinajstić information content (AvgIpc) is 2.48. The van der Waals surface area contributed by atoms with Crippen LogP contribution in [-0.4, -0.2) is 19.2 Å². The Morgan fingerprint density at radius 1 is 1.19 bits per heavy atom. The molecule has 4 nitrogen and oxygen atoms in total. The Balaban J connectivity index is 2.00.